The summed E-state index contributed by atoms with van der Waals surface area (Å²) >= 11 is 1.40. The molecule has 0 fully saturated rings. The average Bonchev–Trinajstić information content (AvgIpc) is 3.01. The van der Waals surface area contributed by atoms with Gasteiger partial charge in [-0.25, -0.2) is 0 Å². The van der Waals surface area contributed by atoms with E-state index in [1.54, 1.807) is 18.5 Å². The van der Waals surface area contributed by atoms with Crippen molar-refractivity contribution < 1.29 is 9.69 Å². The molecule has 8 heteroatoms. The third-order valence-electron chi connectivity index (χ3n) is 3.49. The fraction of sp³-hybridized carbons (Fsp3) is 0.412. The highest BCUT2D eigenvalue weighted by Gasteiger charge is 2.15. The Hall–Kier alpha value is -2.19. The number of quaternary nitrogens is 1. The SMILES string of the molecule is C=CCNC(=O)CSc1nnc(-c2ccncc2)n1CCC[NH+](C)C. The zero-order valence-corrected chi connectivity index (χ0v) is 15.6. The van der Waals surface area contributed by atoms with Crippen LogP contribution in [0.4, 0.5) is 0 Å². The maximum atomic E-state index is 11.8. The van der Waals surface area contributed by atoms with Gasteiger partial charge in [0, 0.05) is 37.5 Å². The maximum absolute atomic E-state index is 11.8. The summed E-state index contributed by atoms with van der Waals surface area (Å²) in [7, 11) is 4.27. The number of pyridine rings is 1. The Balaban J connectivity index is 2.13. The highest BCUT2D eigenvalue weighted by atomic mass is 32.2. The van der Waals surface area contributed by atoms with Crippen LogP contribution >= 0.6 is 11.8 Å². The van der Waals surface area contributed by atoms with Gasteiger partial charge in [-0.2, -0.15) is 0 Å². The molecule has 0 saturated carbocycles. The van der Waals surface area contributed by atoms with E-state index in [9.17, 15) is 4.79 Å². The molecule has 2 heterocycles. The van der Waals surface area contributed by atoms with E-state index in [2.05, 4.69) is 45.7 Å². The Bertz CT molecular complexity index is 686. The van der Waals surface area contributed by atoms with Gasteiger partial charge in [-0.15, -0.1) is 16.8 Å². The van der Waals surface area contributed by atoms with Gasteiger partial charge in [0.1, 0.15) is 0 Å². The molecular weight excluding hydrogens is 336 g/mol. The largest absolute Gasteiger partial charge is 0.352 e. The van der Waals surface area contributed by atoms with Crippen molar-refractivity contribution in [3.63, 3.8) is 0 Å². The summed E-state index contributed by atoms with van der Waals surface area (Å²) < 4.78 is 2.09. The summed E-state index contributed by atoms with van der Waals surface area (Å²) in [5.74, 6) is 1.08. The van der Waals surface area contributed by atoms with Crippen LogP contribution < -0.4 is 10.2 Å². The second-order valence-electron chi connectivity index (χ2n) is 5.89. The Morgan fingerprint density at radius 1 is 1.36 bits per heavy atom. The molecule has 0 bridgehead atoms. The van der Waals surface area contributed by atoms with Gasteiger partial charge in [0.2, 0.25) is 5.91 Å². The van der Waals surface area contributed by atoms with E-state index in [0.29, 0.717) is 12.3 Å². The number of rotatable bonds is 10. The van der Waals surface area contributed by atoms with Gasteiger partial charge >= 0.3 is 0 Å². The number of carbonyl (C=O) groups excluding carboxylic acids is 1. The molecule has 134 valence electrons. The van der Waals surface area contributed by atoms with Crippen molar-refractivity contribution in [2.75, 3.05) is 32.9 Å². The standard InChI is InChI=1S/C17H24N6OS/c1-4-8-19-15(24)13-25-17-21-20-16(14-6-9-18-10-7-14)23(17)12-5-11-22(2)3/h4,6-7,9-10H,1,5,8,11-13H2,2-3H3,(H,19,24)/p+1. The lowest BCUT2D eigenvalue weighted by atomic mass is 10.2. The molecule has 7 nitrogen and oxygen atoms in total. The van der Waals surface area contributed by atoms with Gasteiger partial charge in [0.05, 0.1) is 26.4 Å². The number of hydrogen-bond donors (Lipinski definition) is 2. The number of nitrogens with one attached hydrogen (secondary N) is 2. The van der Waals surface area contributed by atoms with Crippen molar-refractivity contribution in [1.29, 1.82) is 0 Å². The van der Waals surface area contributed by atoms with E-state index >= 15 is 0 Å². The Morgan fingerprint density at radius 2 is 2.12 bits per heavy atom. The Morgan fingerprint density at radius 3 is 2.80 bits per heavy atom. The molecule has 1 amide bonds. The molecule has 0 aromatic carbocycles. The van der Waals surface area contributed by atoms with E-state index in [-0.39, 0.29) is 5.91 Å². The maximum Gasteiger partial charge on any atom is 0.230 e. The molecule has 0 aliphatic rings. The molecular formula is C17H25N6OS+. The summed E-state index contributed by atoms with van der Waals surface area (Å²) in [4.78, 5) is 17.3. The zero-order chi connectivity index (χ0) is 18.1. The first kappa shape index (κ1) is 19.1. The van der Waals surface area contributed by atoms with Crippen LogP contribution in [0.5, 0.6) is 0 Å². The van der Waals surface area contributed by atoms with Gasteiger partial charge in [-0.1, -0.05) is 17.8 Å². The molecule has 2 N–H and O–H groups in total. The van der Waals surface area contributed by atoms with E-state index in [1.165, 1.54) is 16.7 Å². The third-order valence-corrected chi connectivity index (χ3v) is 4.46. The van der Waals surface area contributed by atoms with Crippen LogP contribution in [0.2, 0.25) is 0 Å². The van der Waals surface area contributed by atoms with Crippen molar-refractivity contribution in [3.05, 3.63) is 37.2 Å². The van der Waals surface area contributed by atoms with Crippen molar-refractivity contribution in [2.45, 2.75) is 18.1 Å². The van der Waals surface area contributed by atoms with Gasteiger partial charge in [-0.05, 0) is 12.1 Å². The second kappa shape index (κ2) is 9.95. The predicted octanol–water partition coefficient (Wildman–Crippen LogP) is 0.269. The smallest absolute Gasteiger partial charge is 0.230 e. The fourth-order valence-electron chi connectivity index (χ4n) is 2.27. The Kier molecular flexibility index (Phi) is 7.62. The molecule has 0 aliphatic carbocycles. The zero-order valence-electron chi connectivity index (χ0n) is 14.7. The van der Waals surface area contributed by atoms with Crippen LogP contribution in [0.15, 0.2) is 42.3 Å². The average molecular weight is 361 g/mol. The summed E-state index contributed by atoms with van der Waals surface area (Å²) in [6, 6.07) is 3.84. The summed E-state index contributed by atoms with van der Waals surface area (Å²) in [5, 5.41) is 12.2. The highest BCUT2D eigenvalue weighted by Crippen LogP contribution is 2.23. The van der Waals surface area contributed by atoms with Crippen LogP contribution in [0.25, 0.3) is 11.4 Å². The normalized spacial score (nSPS) is 10.8. The van der Waals surface area contributed by atoms with Gasteiger partial charge in [0.25, 0.3) is 0 Å². The third kappa shape index (κ3) is 5.99. The van der Waals surface area contributed by atoms with Gasteiger partial charge < -0.3 is 14.8 Å². The second-order valence-corrected chi connectivity index (χ2v) is 6.83. The minimum Gasteiger partial charge on any atom is -0.352 e. The number of hydrogen-bond acceptors (Lipinski definition) is 5. The van der Waals surface area contributed by atoms with Gasteiger partial charge in [0.15, 0.2) is 11.0 Å². The Labute approximate surface area is 152 Å². The van der Waals surface area contributed by atoms with E-state index in [1.807, 2.05) is 12.1 Å². The molecule has 2 aromatic heterocycles. The summed E-state index contributed by atoms with van der Waals surface area (Å²) in [5.41, 5.74) is 0.975. The monoisotopic (exact) mass is 361 g/mol. The first-order valence-corrected chi connectivity index (χ1v) is 9.23. The van der Waals surface area contributed by atoms with Crippen LogP contribution in [0.1, 0.15) is 6.42 Å². The van der Waals surface area contributed by atoms with Crippen LogP contribution in [-0.4, -0.2) is 58.6 Å². The molecule has 0 saturated heterocycles. The fourth-order valence-corrected chi connectivity index (χ4v) is 3.06. The van der Waals surface area contributed by atoms with E-state index < -0.39 is 0 Å². The first-order chi connectivity index (χ1) is 12.1. The number of aromatic nitrogens is 4. The predicted molar refractivity (Wildman–Crippen MR) is 99.5 cm³/mol. The minimum absolute atomic E-state index is 0.0392. The number of nitrogens with zero attached hydrogens (tertiary/aromatic N) is 4. The molecule has 0 spiro atoms. The molecule has 0 atom stereocenters. The number of carbonyl (C=O) groups is 1. The molecule has 0 aliphatic heterocycles. The summed E-state index contributed by atoms with van der Waals surface area (Å²) in [6.07, 6.45) is 6.16. The first-order valence-electron chi connectivity index (χ1n) is 8.25. The molecule has 2 aromatic rings. The van der Waals surface area contributed by atoms with Crippen LogP contribution in [-0.2, 0) is 11.3 Å². The minimum atomic E-state index is -0.0392. The van der Waals surface area contributed by atoms with Crippen LogP contribution in [0.3, 0.4) is 0 Å². The quantitative estimate of drug-likeness (QED) is 0.469. The van der Waals surface area contributed by atoms with E-state index in [0.717, 1.165) is 36.1 Å². The van der Waals surface area contributed by atoms with Crippen molar-refractivity contribution >= 4 is 17.7 Å². The molecule has 2 rings (SSSR count). The molecule has 0 unspecified atom stereocenters. The van der Waals surface area contributed by atoms with Crippen molar-refractivity contribution in [2.24, 2.45) is 0 Å². The van der Waals surface area contributed by atoms with E-state index in [4.69, 9.17) is 0 Å². The highest BCUT2D eigenvalue weighted by molar-refractivity contribution is 7.99. The number of amides is 1. The van der Waals surface area contributed by atoms with Crippen molar-refractivity contribution in [3.8, 4) is 11.4 Å². The van der Waals surface area contributed by atoms with Gasteiger partial charge in [-0.3, -0.25) is 9.78 Å². The topological polar surface area (TPSA) is 77.1 Å². The number of thioether (sulfide) groups is 1. The lowest BCUT2D eigenvalue weighted by Gasteiger charge is -2.11. The lowest BCUT2D eigenvalue weighted by molar-refractivity contribution is -0.858. The summed E-state index contributed by atoms with van der Waals surface area (Å²) in [6.45, 7) is 5.93. The van der Waals surface area contributed by atoms with Crippen molar-refractivity contribution in [1.82, 2.24) is 25.1 Å². The lowest BCUT2D eigenvalue weighted by Crippen LogP contribution is -3.05. The molecule has 0 radical (unpaired) electrons. The van der Waals surface area contributed by atoms with Crippen LogP contribution in [0, 0.1) is 0 Å². The molecule has 25 heavy (non-hydrogen) atoms.